The Morgan fingerprint density at radius 1 is 1.08 bits per heavy atom. The zero-order valence-corrected chi connectivity index (χ0v) is 14.9. The molecule has 2 N–H and O–H groups in total. The Bertz CT molecular complexity index is 719. The Labute approximate surface area is 153 Å². The Kier molecular flexibility index (Phi) is 7.49. The van der Waals surface area contributed by atoms with Crippen LogP contribution in [0.3, 0.4) is 0 Å². The molecule has 26 heavy (non-hydrogen) atoms. The molecule has 0 fully saturated rings. The first-order valence-corrected chi connectivity index (χ1v) is 8.58. The average Bonchev–Trinajstić information content (AvgIpc) is 2.65. The van der Waals surface area contributed by atoms with Crippen LogP contribution < -0.4 is 15.0 Å². The summed E-state index contributed by atoms with van der Waals surface area (Å²) in [6, 6.07) is 16.6. The molecule has 6 nitrogen and oxygen atoms in total. The molecule has 138 valence electrons. The highest BCUT2D eigenvalue weighted by Crippen LogP contribution is 2.14. The van der Waals surface area contributed by atoms with Crippen molar-refractivity contribution in [2.75, 3.05) is 24.6 Å². The van der Waals surface area contributed by atoms with Gasteiger partial charge in [-0.2, -0.15) is 0 Å². The molecule has 0 radical (unpaired) electrons. The predicted molar refractivity (Wildman–Crippen MR) is 100 cm³/mol. The predicted octanol–water partition coefficient (Wildman–Crippen LogP) is 2.68. The maximum absolute atomic E-state index is 12.3. The normalized spacial score (nSPS) is 10.2. The molecule has 0 bridgehead atoms. The molecular formula is C20H24N2O4. The van der Waals surface area contributed by atoms with E-state index in [1.807, 2.05) is 49.4 Å². The Hall–Kier alpha value is -3.02. The van der Waals surface area contributed by atoms with E-state index in [1.165, 1.54) is 4.90 Å². The highest BCUT2D eigenvalue weighted by Gasteiger charge is 2.14. The number of rotatable bonds is 10. The fourth-order valence-corrected chi connectivity index (χ4v) is 2.44. The average molecular weight is 356 g/mol. The first kappa shape index (κ1) is 19.3. The van der Waals surface area contributed by atoms with Crippen LogP contribution in [0.5, 0.6) is 5.75 Å². The second-order valence-corrected chi connectivity index (χ2v) is 5.86. The standard InChI is InChI=1S/C20H24N2O4/c1-2-11-26-18-10-6-7-16(12-18)13-21-19(23)14-22(15-20(24)25)17-8-4-3-5-9-17/h3-10,12H,2,11,13-15H2,1H3,(H,21,23)(H,24,25). The summed E-state index contributed by atoms with van der Waals surface area (Å²) < 4.78 is 5.58. The van der Waals surface area contributed by atoms with Gasteiger partial charge >= 0.3 is 5.97 Å². The third kappa shape index (κ3) is 6.47. The van der Waals surface area contributed by atoms with Crippen molar-refractivity contribution in [2.45, 2.75) is 19.9 Å². The van der Waals surface area contributed by atoms with E-state index in [-0.39, 0.29) is 19.0 Å². The molecule has 0 aliphatic heterocycles. The number of para-hydroxylation sites is 1. The number of benzene rings is 2. The smallest absolute Gasteiger partial charge is 0.323 e. The quantitative estimate of drug-likeness (QED) is 0.684. The second kappa shape index (κ2) is 10.1. The van der Waals surface area contributed by atoms with Crippen molar-refractivity contribution in [3.63, 3.8) is 0 Å². The van der Waals surface area contributed by atoms with E-state index < -0.39 is 5.97 Å². The summed E-state index contributed by atoms with van der Waals surface area (Å²) in [5.41, 5.74) is 1.62. The van der Waals surface area contributed by atoms with Crippen LogP contribution in [-0.2, 0) is 16.1 Å². The number of carbonyl (C=O) groups is 2. The minimum atomic E-state index is -0.984. The van der Waals surface area contributed by atoms with Crippen LogP contribution in [0.15, 0.2) is 54.6 Å². The molecule has 0 aromatic heterocycles. The zero-order chi connectivity index (χ0) is 18.8. The number of hydrogen-bond donors (Lipinski definition) is 2. The first-order chi connectivity index (χ1) is 12.6. The van der Waals surface area contributed by atoms with Crippen molar-refractivity contribution < 1.29 is 19.4 Å². The van der Waals surface area contributed by atoms with E-state index in [2.05, 4.69) is 5.32 Å². The van der Waals surface area contributed by atoms with Gasteiger partial charge in [-0.3, -0.25) is 9.59 Å². The molecule has 0 aliphatic rings. The molecule has 0 atom stereocenters. The molecule has 6 heteroatoms. The van der Waals surface area contributed by atoms with E-state index >= 15 is 0 Å². The van der Waals surface area contributed by atoms with Gasteiger partial charge in [-0.1, -0.05) is 37.3 Å². The van der Waals surface area contributed by atoms with Gasteiger partial charge in [0.15, 0.2) is 0 Å². The van der Waals surface area contributed by atoms with Crippen molar-refractivity contribution in [1.29, 1.82) is 0 Å². The van der Waals surface area contributed by atoms with Crippen LogP contribution >= 0.6 is 0 Å². The molecule has 2 aromatic carbocycles. The van der Waals surface area contributed by atoms with Gasteiger partial charge in [0.25, 0.3) is 0 Å². The van der Waals surface area contributed by atoms with Gasteiger partial charge in [0.05, 0.1) is 13.2 Å². The Balaban J connectivity index is 1.92. The molecule has 0 aliphatic carbocycles. The van der Waals surface area contributed by atoms with Crippen molar-refractivity contribution in [3.8, 4) is 5.75 Å². The first-order valence-electron chi connectivity index (χ1n) is 8.58. The van der Waals surface area contributed by atoms with Crippen molar-refractivity contribution in [3.05, 3.63) is 60.2 Å². The summed E-state index contributed by atoms with van der Waals surface area (Å²) in [4.78, 5) is 24.9. The minimum absolute atomic E-state index is 0.0255. The number of carbonyl (C=O) groups excluding carboxylic acids is 1. The molecule has 0 saturated carbocycles. The maximum atomic E-state index is 12.3. The number of ether oxygens (including phenoxy) is 1. The van der Waals surface area contributed by atoms with Crippen molar-refractivity contribution in [2.24, 2.45) is 0 Å². The Morgan fingerprint density at radius 2 is 1.85 bits per heavy atom. The minimum Gasteiger partial charge on any atom is -0.494 e. The summed E-state index contributed by atoms with van der Waals surface area (Å²) in [5.74, 6) is -0.451. The molecule has 1 amide bonds. The fraction of sp³-hybridized carbons (Fsp3) is 0.300. The van der Waals surface area contributed by atoms with Gasteiger partial charge in [0.2, 0.25) is 5.91 Å². The monoisotopic (exact) mass is 356 g/mol. The van der Waals surface area contributed by atoms with Crippen LogP contribution in [0.4, 0.5) is 5.69 Å². The summed E-state index contributed by atoms with van der Waals surface area (Å²) in [7, 11) is 0. The number of aliphatic carboxylic acids is 1. The van der Waals surface area contributed by atoms with Gasteiger partial charge in [0.1, 0.15) is 12.3 Å². The third-order valence-corrected chi connectivity index (χ3v) is 3.64. The maximum Gasteiger partial charge on any atom is 0.323 e. The van der Waals surface area contributed by atoms with Crippen LogP contribution in [0.2, 0.25) is 0 Å². The van der Waals surface area contributed by atoms with Gasteiger partial charge in [-0.25, -0.2) is 0 Å². The highest BCUT2D eigenvalue weighted by molar-refractivity contribution is 5.84. The number of carboxylic acid groups (broad SMARTS) is 1. The van der Waals surface area contributed by atoms with Crippen LogP contribution in [0.1, 0.15) is 18.9 Å². The van der Waals surface area contributed by atoms with Gasteiger partial charge in [0, 0.05) is 12.2 Å². The summed E-state index contributed by atoms with van der Waals surface area (Å²) in [5, 5.41) is 11.9. The molecule has 0 unspecified atom stereocenters. The Morgan fingerprint density at radius 3 is 2.54 bits per heavy atom. The lowest BCUT2D eigenvalue weighted by Gasteiger charge is -2.22. The van der Waals surface area contributed by atoms with Gasteiger partial charge < -0.3 is 20.1 Å². The number of nitrogens with one attached hydrogen (secondary N) is 1. The van der Waals surface area contributed by atoms with E-state index in [4.69, 9.17) is 9.84 Å². The summed E-state index contributed by atoms with van der Waals surface area (Å²) >= 11 is 0. The topological polar surface area (TPSA) is 78.9 Å². The summed E-state index contributed by atoms with van der Waals surface area (Å²) in [6.07, 6.45) is 0.930. The van der Waals surface area contributed by atoms with Crippen molar-refractivity contribution in [1.82, 2.24) is 5.32 Å². The fourth-order valence-electron chi connectivity index (χ4n) is 2.44. The van der Waals surface area contributed by atoms with Crippen LogP contribution in [-0.4, -0.2) is 36.7 Å². The molecule has 0 spiro atoms. The molecule has 2 rings (SSSR count). The van der Waals surface area contributed by atoms with Crippen LogP contribution in [0.25, 0.3) is 0 Å². The molecule has 2 aromatic rings. The lowest BCUT2D eigenvalue weighted by Crippen LogP contribution is -2.39. The highest BCUT2D eigenvalue weighted by atomic mass is 16.5. The molecular weight excluding hydrogens is 332 g/mol. The van der Waals surface area contributed by atoms with E-state index in [1.54, 1.807) is 12.1 Å². The van der Waals surface area contributed by atoms with Crippen LogP contribution in [0, 0.1) is 0 Å². The lowest BCUT2D eigenvalue weighted by atomic mass is 10.2. The SMILES string of the molecule is CCCOc1cccc(CNC(=O)CN(CC(=O)O)c2ccccc2)c1. The number of carboxylic acids is 1. The van der Waals surface area contributed by atoms with E-state index in [0.717, 1.165) is 17.7 Å². The number of nitrogens with zero attached hydrogens (tertiary/aromatic N) is 1. The van der Waals surface area contributed by atoms with Crippen molar-refractivity contribution >= 4 is 17.6 Å². The third-order valence-electron chi connectivity index (χ3n) is 3.64. The number of hydrogen-bond acceptors (Lipinski definition) is 4. The molecule has 0 heterocycles. The molecule has 0 saturated heterocycles. The summed E-state index contributed by atoms with van der Waals surface area (Å²) in [6.45, 7) is 2.79. The zero-order valence-electron chi connectivity index (χ0n) is 14.9. The lowest BCUT2D eigenvalue weighted by molar-refractivity contribution is -0.135. The van der Waals surface area contributed by atoms with Gasteiger partial charge in [-0.15, -0.1) is 0 Å². The van der Waals surface area contributed by atoms with E-state index in [0.29, 0.717) is 18.8 Å². The largest absolute Gasteiger partial charge is 0.494 e. The van der Waals surface area contributed by atoms with E-state index in [9.17, 15) is 9.59 Å². The number of anilines is 1. The number of amides is 1. The second-order valence-electron chi connectivity index (χ2n) is 5.86. The van der Waals surface area contributed by atoms with Gasteiger partial charge in [-0.05, 0) is 36.2 Å².